The van der Waals surface area contributed by atoms with E-state index in [0.717, 1.165) is 5.69 Å². The zero-order valence-electron chi connectivity index (χ0n) is 8.31. The van der Waals surface area contributed by atoms with E-state index in [2.05, 4.69) is 15.2 Å². The van der Waals surface area contributed by atoms with Gasteiger partial charge in [-0.2, -0.15) is 5.10 Å². The number of aliphatic imine (C=N–C) groups is 1. The fourth-order valence-electron chi connectivity index (χ4n) is 1.25. The Labute approximate surface area is 86.6 Å². The highest BCUT2D eigenvalue weighted by Crippen LogP contribution is 2.09. The fraction of sp³-hybridized carbons (Fsp3) is 0.111. The first-order valence-corrected chi connectivity index (χ1v) is 4.46. The third-order valence-electron chi connectivity index (χ3n) is 1.97. The quantitative estimate of drug-likeness (QED) is 0.372. The van der Waals surface area contributed by atoms with Gasteiger partial charge in [0, 0.05) is 18.0 Å². The van der Waals surface area contributed by atoms with Crippen LogP contribution < -0.4 is 11.6 Å². The van der Waals surface area contributed by atoms with Crippen LogP contribution in [0.4, 0.5) is 5.82 Å². The van der Waals surface area contributed by atoms with Gasteiger partial charge in [-0.25, -0.2) is 4.99 Å². The van der Waals surface area contributed by atoms with Gasteiger partial charge in [0.2, 0.25) is 0 Å². The number of hydrogen-bond acceptors (Lipinski definition) is 3. The van der Waals surface area contributed by atoms with Crippen LogP contribution in [0.3, 0.4) is 0 Å². The Balaban J connectivity index is 2.32. The summed E-state index contributed by atoms with van der Waals surface area (Å²) >= 11 is 0. The normalized spacial score (nSPS) is 11.9. The highest BCUT2D eigenvalue weighted by molar-refractivity contribution is 5.97. The second-order valence-corrected chi connectivity index (χ2v) is 3.21. The molecule has 15 heavy (non-hydrogen) atoms. The summed E-state index contributed by atoms with van der Waals surface area (Å²) in [6.07, 6.45) is 1.70. The van der Waals surface area contributed by atoms with Crippen LogP contribution in [0.25, 0.3) is 0 Å². The van der Waals surface area contributed by atoms with Gasteiger partial charge in [0.25, 0.3) is 0 Å². The summed E-state index contributed by atoms with van der Waals surface area (Å²) in [5.41, 5.74) is 7.37. The number of nitrogen functional groups attached to an aromatic ring is 1. The van der Waals surface area contributed by atoms with Crippen LogP contribution in [0.2, 0.25) is 0 Å². The van der Waals surface area contributed by atoms with Crippen molar-refractivity contribution in [3.8, 4) is 0 Å². The summed E-state index contributed by atoms with van der Waals surface area (Å²) in [6, 6.07) is 5.39. The zero-order chi connectivity index (χ0) is 10.8. The molecule has 2 heterocycles. The predicted octanol–water partition coefficient (Wildman–Crippen LogP) is 0.270. The minimum absolute atomic E-state index is 0.342. The van der Waals surface area contributed by atoms with E-state index in [1.807, 2.05) is 6.92 Å². The molecule has 2 aromatic heterocycles. The molecule has 0 bridgehead atoms. The molecule has 6 heteroatoms. The number of amidine groups is 1. The SMILES string of the molecule is Cc1cc(N=C(N)c2cccn2N)n[nH]1. The molecule has 0 saturated heterocycles. The maximum absolute atomic E-state index is 5.78. The number of nitrogens with two attached hydrogens (primary N) is 2. The van der Waals surface area contributed by atoms with Crippen molar-refractivity contribution in [1.29, 1.82) is 0 Å². The molecule has 0 unspecified atom stereocenters. The number of aromatic nitrogens is 3. The molecule has 5 N–H and O–H groups in total. The van der Waals surface area contributed by atoms with Crippen LogP contribution in [0, 0.1) is 6.92 Å². The van der Waals surface area contributed by atoms with Crippen molar-refractivity contribution in [3.63, 3.8) is 0 Å². The molecule has 2 aromatic rings. The molecule has 0 aromatic carbocycles. The van der Waals surface area contributed by atoms with Crippen molar-refractivity contribution in [1.82, 2.24) is 14.9 Å². The Morgan fingerprint density at radius 1 is 1.60 bits per heavy atom. The van der Waals surface area contributed by atoms with Gasteiger partial charge in [0.1, 0.15) is 5.69 Å². The third-order valence-corrected chi connectivity index (χ3v) is 1.97. The molecule has 0 aliphatic carbocycles. The molecule has 0 aliphatic rings. The van der Waals surface area contributed by atoms with Gasteiger partial charge in [-0.3, -0.25) is 9.77 Å². The number of nitrogens with zero attached hydrogens (tertiary/aromatic N) is 3. The fourth-order valence-corrected chi connectivity index (χ4v) is 1.25. The predicted molar refractivity (Wildman–Crippen MR) is 58.3 cm³/mol. The van der Waals surface area contributed by atoms with Crippen molar-refractivity contribution >= 4 is 11.7 Å². The van der Waals surface area contributed by atoms with Gasteiger partial charge in [0.15, 0.2) is 11.7 Å². The van der Waals surface area contributed by atoms with Crippen molar-refractivity contribution in [2.24, 2.45) is 10.7 Å². The largest absolute Gasteiger partial charge is 0.382 e. The Hall–Kier alpha value is -2.24. The van der Waals surface area contributed by atoms with Crippen LogP contribution in [0.5, 0.6) is 0 Å². The Kier molecular flexibility index (Phi) is 2.17. The van der Waals surface area contributed by atoms with Gasteiger partial charge < -0.3 is 11.6 Å². The molecule has 6 nitrogen and oxygen atoms in total. The number of rotatable bonds is 2. The molecule has 0 saturated carbocycles. The lowest BCUT2D eigenvalue weighted by molar-refractivity contribution is 0.997. The molecule has 2 rings (SSSR count). The van der Waals surface area contributed by atoms with E-state index in [-0.39, 0.29) is 0 Å². The second-order valence-electron chi connectivity index (χ2n) is 3.21. The van der Waals surface area contributed by atoms with E-state index in [9.17, 15) is 0 Å². The average molecular weight is 204 g/mol. The van der Waals surface area contributed by atoms with Crippen molar-refractivity contribution in [2.45, 2.75) is 6.92 Å². The number of aromatic amines is 1. The Bertz CT molecular complexity index is 492. The summed E-state index contributed by atoms with van der Waals surface area (Å²) in [5, 5.41) is 6.74. The van der Waals surface area contributed by atoms with Crippen molar-refractivity contribution < 1.29 is 0 Å². The molecular formula is C9H12N6. The van der Waals surface area contributed by atoms with Crippen LogP contribution >= 0.6 is 0 Å². The Morgan fingerprint density at radius 2 is 2.40 bits per heavy atom. The molecular weight excluding hydrogens is 192 g/mol. The molecule has 0 fully saturated rings. The summed E-state index contributed by atoms with van der Waals surface area (Å²) in [7, 11) is 0. The van der Waals surface area contributed by atoms with E-state index in [1.54, 1.807) is 24.4 Å². The van der Waals surface area contributed by atoms with Crippen molar-refractivity contribution in [2.75, 3.05) is 5.84 Å². The minimum Gasteiger partial charge on any atom is -0.382 e. The van der Waals surface area contributed by atoms with E-state index in [0.29, 0.717) is 17.3 Å². The molecule has 0 amide bonds. The van der Waals surface area contributed by atoms with E-state index >= 15 is 0 Å². The minimum atomic E-state index is 0.342. The van der Waals surface area contributed by atoms with Crippen LogP contribution in [-0.4, -0.2) is 20.7 Å². The summed E-state index contributed by atoms with van der Waals surface area (Å²) in [6.45, 7) is 1.90. The monoisotopic (exact) mass is 204 g/mol. The van der Waals surface area contributed by atoms with E-state index in [1.165, 1.54) is 4.68 Å². The lowest BCUT2D eigenvalue weighted by Crippen LogP contribution is -2.21. The van der Waals surface area contributed by atoms with Gasteiger partial charge in [-0.05, 0) is 19.1 Å². The molecule has 78 valence electrons. The van der Waals surface area contributed by atoms with Crippen LogP contribution in [0.15, 0.2) is 29.4 Å². The summed E-state index contributed by atoms with van der Waals surface area (Å²) < 4.78 is 1.42. The van der Waals surface area contributed by atoms with Gasteiger partial charge >= 0.3 is 0 Å². The zero-order valence-corrected chi connectivity index (χ0v) is 8.31. The number of aryl methyl sites for hydroxylation is 1. The molecule has 0 spiro atoms. The van der Waals surface area contributed by atoms with E-state index < -0.39 is 0 Å². The maximum atomic E-state index is 5.78. The molecule has 0 radical (unpaired) electrons. The maximum Gasteiger partial charge on any atom is 0.175 e. The number of nitrogens with one attached hydrogen (secondary N) is 1. The lowest BCUT2D eigenvalue weighted by atomic mass is 10.4. The molecule has 0 aliphatic heterocycles. The molecule has 0 atom stereocenters. The average Bonchev–Trinajstić information content (AvgIpc) is 2.75. The van der Waals surface area contributed by atoms with Gasteiger partial charge in [-0.15, -0.1) is 0 Å². The van der Waals surface area contributed by atoms with E-state index in [4.69, 9.17) is 11.6 Å². The standard InChI is InChI=1S/C9H12N6/c1-6-5-8(14-13-6)12-9(10)7-3-2-4-15(7)11/h2-5H,11H2,1H3,(H3,10,12,13,14). The van der Waals surface area contributed by atoms with Gasteiger partial charge in [-0.1, -0.05) is 0 Å². The number of hydrogen-bond donors (Lipinski definition) is 3. The van der Waals surface area contributed by atoms with Crippen molar-refractivity contribution in [3.05, 3.63) is 35.8 Å². The first-order chi connectivity index (χ1) is 7.16. The first kappa shape index (κ1) is 9.32. The van der Waals surface area contributed by atoms with Gasteiger partial charge in [0.05, 0.1) is 0 Å². The summed E-state index contributed by atoms with van der Waals surface area (Å²) in [5.74, 6) is 6.52. The highest BCUT2D eigenvalue weighted by Gasteiger charge is 2.03. The Morgan fingerprint density at radius 3 is 2.93 bits per heavy atom. The highest BCUT2D eigenvalue weighted by atomic mass is 15.3. The first-order valence-electron chi connectivity index (χ1n) is 4.46. The lowest BCUT2D eigenvalue weighted by Gasteiger charge is -2.00. The smallest absolute Gasteiger partial charge is 0.175 e. The second kappa shape index (κ2) is 3.49. The number of H-pyrrole nitrogens is 1. The topological polar surface area (TPSA) is 98.0 Å². The van der Waals surface area contributed by atoms with Crippen LogP contribution in [-0.2, 0) is 0 Å². The third kappa shape index (κ3) is 1.83. The van der Waals surface area contributed by atoms with Crippen LogP contribution in [0.1, 0.15) is 11.4 Å². The summed E-state index contributed by atoms with van der Waals surface area (Å²) in [4.78, 5) is 4.13.